The molecule has 5 nitrogen and oxygen atoms in total. The van der Waals surface area contributed by atoms with E-state index in [1.165, 1.54) is 0 Å². The zero-order valence-electron chi connectivity index (χ0n) is 12.4. The van der Waals surface area contributed by atoms with E-state index in [1.807, 2.05) is 31.0 Å². The minimum absolute atomic E-state index is 0.0596. The highest BCUT2D eigenvalue weighted by atomic mass is 16.2. The third kappa shape index (κ3) is 5.59. The number of anilines is 2. The van der Waals surface area contributed by atoms with Crippen molar-refractivity contribution in [3.05, 3.63) is 23.8 Å². The molecule has 0 bridgehead atoms. The van der Waals surface area contributed by atoms with Crippen LogP contribution in [0.15, 0.2) is 18.2 Å². The van der Waals surface area contributed by atoms with Crippen molar-refractivity contribution in [1.82, 2.24) is 4.90 Å². The number of likely N-dealkylation sites (N-methyl/N-ethyl adjacent to an activating group) is 1. The topological polar surface area (TPSA) is 78.6 Å². The molecular weight excluding hydrogens is 254 g/mol. The van der Waals surface area contributed by atoms with Gasteiger partial charge in [0.25, 0.3) is 0 Å². The molecule has 0 unspecified atom stereocenters. The first-order valence-electron chi connectivity index (χ1n) is 6.99. The molecule has 0 saturated heterocycles. The van der Waals surface area contributed by atoms with Crippen molar-refractivity contribution < 1.29 is 9.90 Å². The molecule has 0 aliphatic heterocycles. The lowest BCUT2D eigenvalue weighted by Crippen LogP contribution is -2.31. The molecule has 0 aliphatic carbocycles. The van der Waals surface area contributed by atoms with Gasteiger partial charge < -0.3 is 16.2 Å². The number of nitrogens with zero attached hydrogens (tertiary/aromatic N) is 1. The Balaban J connectivity index is 2.39. The van der Waals surface area contributed by atoms with Crippen molar-refractivity contribution >= 4 is 17.3 Å². The summed E-state index contributed by atoms with van der Waals surface area (Å²) in [6, 6.07) is 5.57. The molecule has 4 N–H and O–H groups in total. The molecule has 0 aromatic heterocycles. The number of aliphatic hydroxyl groups excluding tert-OH is 1. The summed E-state index contributed by atoms with van der Waals surface area (Å²) in [5.41, 5.74) is 8.11. The predicted octanol–water partition coefficient (Wildman–Crippen LogP) is 1.61. The van der Waals surface area contributed by atoms with Crippen molar-refractivity contribution in [3.8, 4) is 0 Å². The van der Waals surface area contributed by atoms with E-state index in [2.05, 4.69) is 5.32 Å². The first kappa shape index (κ1) is 16.5. The van der Waals surface area contributed by atoms with Gasteiger partial charge in [0.05, 0.1) is 17.9 Å². The number of nitrogens with one attached hydrogen (secondary N) is 1. The summed E-state index contributed by atoms with van der Waals surface area (Å²) in [6.45, 7) is 3.34. The summed E-state index contributed by atoms with van der Waals surface area (Å²) in [6.07, 6.45) is 2.78. The zero-order valence-corrected chi connectivity index (χ0v) is 12.4. The second-order valence-corrected chi connectivity index (χ2v) is 5.11. The molecule has 1 rings (SSSR count). The van der Waals surface area contributed by atoms with Gasteiger partial charge in [0, 0.05) is 6.61 Å². The summed E-state index contributed by atoms with van der Waals surface area (Å²) in [5.74, 6) is -0.0596. The van der Waals surface area contributed by atoms with Gasteiger partial charge in [0.15, 0.2) is 0 Å². The maximum absolute atomic E-state index is 12.0. The maximum atomic E-state index is 12.0. The van der Waals surface area contributed by atoms with Crippen LogP contribution in [0.4, 0.5) is 11.4 Å². The van der Waals surface area contributed by atoms with E-state index in [0.717, 1.165) is 31.4 Å². The molecule has 1 aromatic carbocycles. The number of unbranched alkanes of at least 4 members (excludes halogenated alkanes) is 2. The first-order chi connectivity index (χ1) is 9.54. The standard InChI is InChI=1S/C15H25N3O2/c1-12-7-6-8-13(16)15(12)17-14(20)11-18(2)9-4-3-5-10-19/h6-8,19H,3-5,9-11,16H2,1-2H3,(H,17,20). The van der Waals surface area contributed by atoms with Crippen LogP contribution >= 0.6 is 0 Å². The van der Waals surface area contributed by atoms with Crippen molar-refractivity contribution in [2.24, 2.45) is 0 Å². The largest absolute Gasteiger partial charge is 0.397 e. The fraction of sp³-hybridized carbons (Fsp3) is 0.533. The molecule has 0 heterocycles. The van der Waals surface area contributed by atoms with Crippen molar-refractivity contribution in [1.29, 1.82) is 0 Å². The predicted molar refractivity (Wildman–Crippen MR) is 82.7 cm³/mol. The van der Waals surface area contributed by atoms with Crippen LogP contribution in [-0.2, 0) is 4.79 Å². The van der Waals surface area contributed by atoms with Gasteiger partial charge in [-0.25, -0.2) is 0 Å². The van der Waals surface area contributed by atoms with Gasteiger partial charge in [-0.15, -0.1) is 0 Å². The highest BCUT2D eigenvalue weighted by Crippen LogP contribution is 2.22. The second kappa shape index (κ2) is 8.55. The molecule has 0 atom stereocenters. The molecule has 0 aliphatic rings. The van der Waals surface area contributed by atoms with Gasteiger partial charge in [0.1, 0.15) is 0 Å². The Bertz CT molecular complexity index is 415. The van der Waals surface area contributed by atoms with Crippen LogP contribution in [0.25, 0.3) is 0 Å². The Hall–Kier alpha value is -1.59. The van der Waals surface area contributed by atoms with E-state index in [9.17, 15) is 4.79 Å². The van der Waals surface area contributed by atoms with Gasteiger partial charge in [0.2, 0.25) is 5.91 Å². The number of hydrogen-bond acceptors (Lipinski definition) is 4. The molecule has 0 fully saturated rings. The number of aliphatic hydroxyl groups is 1. The van der Waals surface area contributed by atoms with E-state index in [0.29, 0.717) is 17.9 Å². The second-order valence-electron chi connectivity index (χ2n) is 5.11. The number of hydrogen-bond donors (Lipinski definition) is 3. The van der Waals surface area contributed by atoms with Crippen LogP contribution in [0.1, 0.15) is 24.8 Å². The molecule has 1 aromatic rings. The fourth-order valence-corrected chi connectivity index (χ4v) is 2.03. The Kier molecular flexibility index (Phi) is 7.04. The van der Waals surface area contributed by atoms with E-state index in [4.69, 9.17) is 10.8 Å². The van der Waals surface area contributed by atoms with Gasteiger partial charge >= 0.3 is 0 Å². The monoisotopic (exact) mass is 279 g/mol. The first-order valence-corrected chi connectivity index (χ1v) is 6.99. The Morgan fingerprint density at radius 1 is 1.35 bits per heavy atom. The van der Waals surface area contributed by atoms with E-state index in [-0.39, 0.29) is 12.5 Å². The number of para-hydroxylation sites is 1. The minimum Gasteiger partial charge on any atom is -0.397 e. The number of amides is 1. The lowest BCUT2D eigenvalue weighted by molar-refractivity contribution is -0.117. The third-order valence-corrected chi connectivity index (χ3v) is 3.18. The summed E-state index contributed by atoms with van der Waals surface area (Å²) in [4.78, 5) is 13.9. The van der Waals surface area contributed by atoms with E-state index >= 15 is 0 Å². The molecule has 0 radical (unpaired) electrons. The smallest absolute Gasteiger partial charge is 0.238 e. The van der Waals surface area contributed by atoms with Crippen LogP contribution in [0.5, 0.6) is 0 Å². The highest BCUT2D eigenvalue weighted by Gasteiger charge is 2.10. The van der Waals surface area contributed by atoms with E-state index < -0.39 is 0 Å². The molecule has 5 heteroatoms. The molecule has 1 amide bonds. The average molecular weight is 279 g/mol. The van der Waals surface area contributed by atoms with Crippen molar-refractivity contribution in [2.75, 3.05) is 37.8 Å². The number of rotatable bonds is 8. The number of carbonyl (C=O) groups is 1. The van der Waals surface area contributed by atoms with Gasteiger partial charge in [-0.3, -0.25) is 9.69 Å². The van der Waals surface area contributed by atoms with Gasteiger partial charge in [-0.1, -0.05) is 12.1 Å². The van der Waals surface area contributed by atoms with Crippen molar-refractivity contribution in [3.63, 3.8) is 0 Å². The van der Waals surface area contributed by atoms with Gasteiger partial charge in [-0.05, 0) is 51.4 Å². The molecule has 0 spiro atoms. The SMILES string of the molecule is Cc1cccc(N)c1NC(=O)CN(C)CCCCCO. The summed E-state index contributed by atoms with van der Waals surface area (Å²) in [7, 11) is 1.92. The Morgan fingerprint density at radius 2 is 2.10 bits per heavy atom. The lowest BCUT2D eigenvalue weighted by Gasteiger charge is -2.17. The third-order valence-electron chi connectivity index (χ3n) is 3.18. The molecular formula is C15H25N3O2. The maximum Gasteiger partial charge on any atom is 0.238 e. The van der Waals surface area contributed by atoms with Crippen LogP contribution in [0.3, 0.4) is 0 Å². The van der Waals surface area contributed by atoms with Crippen LogP contribution < -0.4 is 11.1 Å². The summed E-state index contributed by atoms with van der Waals surface area (Å²) >= 11 is 0. The number of benzene rings is 1. The molecule has 0 saturated carbocycles. The normalized spacial score (nSPS) is 10.8. The van der Waals surface area contributed by atoms with Crippen LogP contribution in [0, 0.1) is 6.92 Å². The average Bonchev–Trinajstić information content (AvgIpc) is 2.39. The zero-order chi connectivity index (χ0) is 15.0. The number of nitrogens with two attached hydrogens (primary N) is 1. The molecule has 20 heavy (non-hydrogen) atoms. The Morgan fingerprint density at radius 3 is 2.75 bits per heavy atom. The summed E-state index contributed by atoms with van der Waals surface area (Å²) < 4.78 is 0. The Labute approximate surface area is 120 Å². The fourth-order valence-electron chi connectivity index (χ4n) is 2.03. The van der Waals surface area contributed by atoms with Gasteiger partial charge in [-0.2, -0.15) is 0 Å². The quantitative estimate of drug-likeness (QED) is 0.499. The summed E-state index contributed by atoms with van der Waals surface area (Å²) in [5, 5.41) is 11.6. The number of nitrogen functional groups attached to an aromatic ring is 1. The molecule has 112 valence electrons. The van der Waals surface area contributed by atoms with Crippen LogP contribution in [0.2, 0.25) is 0 Å². The lowest BCUT2D eigenvalue weighted by atomic mass is 10.1. The van der Waals surface area contributed by atoms with Crippen LogP contribution in [-0.4, -0.2) is 42.7 Å². The number of aryl methyl sites for hydroxylation is 1. The van der Waals surface area contributed by atoms with Crippen molar-refractivity contribution in [2.45, 2.75) is 26.2 Å². The van der Waals surface area contributed by atoms with E-state index in [1.54, 1.807) is 6.07 Å². The highest BCUT2D eigenvalue weighted by molar-refractivity contribution is 5.96. The minimum atomic E-state index is -0.0596. The number of carbonyl (C=O) groups excluding carboxylic acids is 1.